The minimum absolute atomic E-state index is 0.0374. The first kappa shape index (κ1) is 31.3. The van der Waals surface area contributed by atoms with Crippen LogP contribution in [0.1, 0.15) is 64.2 Å². The fraction of sp³-hybridized carbons (Fsp3) is 0.538. The molecule has 5 N–H and O–H groups in total. The van der Waals surface area contributed by atoms with E-state index in [9.17, 15) is 24.0 Å². The Morgan fingerprint density at radius 3 is 2.30 bits per heavy atom. The molecule has 0 saturated carbocycles. The van der Waals surface area contributed by atoms with Crippen LogP contribution in [0.3, 0.4) is 0 Å². The van der Waals surface area contributed by atoms with E-state index in [2.05, 4.69) is 20.9 Å². The maximum absolute atomic E-state index is 13.2. The lowest BCUT2D eigenvalue weighted by atomic mass is 10.0. The summed E-state index contributed by atoms with van der Waals surface area (Å²) in [7, 11) is 0. The zero-order valence-electron chi connectivity index (χ0n) is 22.2. The zero-order chi connectivity index (χ0) is 28.0. The maximum Gasteiger partial charge on any atom is 0.330 e. The number of pyridine rings is 1. The van der Waals surface area contributed by atoms with E-state index < -0.39 is 47.7 Å². The molecule has 1 heterocycles. The molecule has 0 aliphatic carbocycles. The standard InChI is InChI=1S/C26H39N5O6/c1-6-37-22(33)12-9-19(14-16(2)3)29-25(35)20(10-11-21(27)32)30-26(36)23(17(4)5)31-24(34)18-8-7-13-28-15-18/h7-9,12-13,15-17,19-20,23H,6,10-11,14H2,1-5H3,(H2,27,32)(H,29,35)(H,30,36)(H,31,34)/b12-9+/t19-,20+,23+/m1/s1. The number of carbonyl (C=O) groups excluding carboxylic acids is 5. The van der Waals surface area contributed by atoms with E-state index in [1.54, 1.807) is 32.9 Å². The molecule has 0 fully saturated rings. The fourth-order valence-electron chi connectivity index (χ4n) is 3.44. The summed E-state index contributed by atoms with van der Waals surface area (Å²) < 4.78 is 4.89. The second kappa shape index (κ2) is 16.1. The number of esters is 1. The third-order valence-electron chi connectivity index (χ3n) is 5.28. The van der Waals surface area contributed by atoms with Gasteiger partial charge in [-0.1, -0.05) is 33.8 Å². The molecule has 0 aliphatic heterocycles. The van der Waals surface area contributed by atoms with Crippen molar-refractivity contribution in [1.29, 1.82) is 0 Å². The van der Waals surface area contributed by atoms with Crippen molar-refractivity contribution < 1.29 is 28.7 Å². The van der Waals surface area contributed by atoms with Crippen molar-refractivity contribution in [3.63, 3.8) is 0 Å². The molecule has 0 saturated heterocycles. The third kappa shape index (κ3) is 12.2. The van der Waals surface area contributed by atoms with Gasteiger partial charge in [-0.2, -0.15) is 0 Å². The Bertz CT molecular complexity index is 948. The van der Waals surface area contributed by atoms with E-state index in [-0.39, 0.29) is 36.8 Å². The molecular weight excluding hydrogens is 478 g/mol. The molecule has 0 spiro atoms. The summed E-state index contributed by atoms with van der Waals surface area (Å²) in [5, 5.41) is 8.14. The van der Waals surface area contributed by atoms with Crippen molar-refractivity contribution in [3.8, 4) is 0 Å². The predicted octanol–water partition coefficient (Wildman–Crippen LogP) is 1.24. The van der Waals surface area contributed by atoms with Crippen molar-refractivity contribution in [2.75, 3.05) is 6.61 Å². The molecule has 4 amide bonds. The largest absolute Gasteiger partial charge is 0.463 e. The van der Waals surface area contributed by atoms with E-state index in [0.29, 0.717) is 6.42 Å². The van der Waals surface area contributed by atoms with E-state index in [1.807, 2.05) is 13.8 Å². The summed E-state index contributed by atoms with van der Waals surface area (Å²) in [5.41, 5.74) is 5.56. The summed E-state index contributed by atoms with van der Waals surface area (Å²) in [4.78, 5) is 66.0. The Morgan fingerprint density at radius 2 is 1.76 bits per heavy atom. The summed E-state index contributed by atoms with van der Waals surface area (Å²) in [6.45, 7) is 9.34. The Hall–Kier alpha value is -3.76. The minimum atomic E-state index is -1.10. The van der Waals surface area contributed by atoms with Gasteiger partial charge in [0.1, 0.15) is 12.1 Å². The lowest BCUT2D eigenvalue weighted by Gasteiger charge is -2.26. The average Bonchev–Trinajstić information content (AvgIpc) is 2.83. The van der Waals surface area contributed by atoms with Gasteiger partial charge in [-0.3, -0.25) is 24.2 Å². The molecule has 37 heavy (non-hydrogen) atoms. The van der Waals surface area contributed by atoms with Crippen LogP contribution in [0.2, 0.25) is 0 Å². The van der Waals surface area contributed by atoms with Gasteiger partial charge < -0.3 is 26.4 Å². The fourth-order valence-corrected chi connectivity index (χ4v) is 3.44. The van der Waals surface area contributed by atoms with Crippen molar-refractivity contribution in [3.05, 3.63) is 42.2 Å². The van der Waals surface area contributed by atoms with Gasteiger partial charge in [0.25, 0.3) is 5.91 Å². The van der Waals surface area contributed by atoms with Crippen LogP contribution < -0.4 is 21.7 Å². The SMILES string of the molecule is CCOC(=O)/C=C/[C@H](CC(C)C)NC(=O)[C@H](CCC(N)=O)NC(=O)[C@@H](NC(=O)c1cccnc1)C(C)C. The summed E-state index contributed by atoms with van der Waals surface area (Å²) in [6.07, 6.45) is 6.04. The van der Waals surface area contributed by atoms with Crippen LogP contribution in [0.25, 0.3) is 0 Å². The number of hydrogen-bond acceptors (Lipinski definition) is 7. The molecule has 1 rings (SSSR count). The lowest BCUT2D eigenvalue weighted by Crippen LogP contribution is -2.56. The highest BCUT2D eigenvalue weighted by Crippen LogP contribution is 2.10. The highest BCUT2D eigenvalue weighted by Gasteiger charge is 2.30. The molecular formula is C26H39N5O6. The number of primary amides is 1. The minimum Gasteiger partial charge on any atom is -0.463 e. The number of nitrogens with two attached hydrogens (primary N) is 1. The highest BCUT2D eigenvalue weighted by molar-refractivity contribution is 5.98. The number of ether oxygens (including phenoxy) is 1. The number of hydrogen-bond donors (Lipinski definition) is 4. The van der Waals surface area contributed by atoms with Crippen LogP contribution in [-0.4, -0.2) is 59.3 Å². The number of nitrogens with zero attached hydrogens (tertiary/aromatic N) is 1. The summed E-state index contributed by atoms with van der Waals surface area (Å²) in [6, 6.07) is 0.609. The molecule has 0 bridgehead atoms. The monoisotopic (exact) mass is 517 g/mol. The smallest absolute Gasteiger partial charge is 0.330 e. The quantitative estimate of drug-likeness (QED) is 0.200. The summed E-state index contributed by atoms with van der Waals surface area (Å²) in [5.74, 6) is -2.90. The maximum atomic E-state index is 13.2. The Balaban J connectivity index is 3.04. The molecule has 3 atom stereocenters. The number of amides is 4. The topological polar surface area (TPSA) is 170 Å². The van der Waals surface area contributed by atoms with E-state index >= 15 is 0 Å². The Labute approximate surface area is 218 Å². The van der Waals surface area contributed by atoms with Gasteiger partial charge in [0.15, 0.2) is 0 Å². The molecule has 204 valence electrons. The van der Waals surface area contributed by atoms with Gasteiger partial charge in [0.05, 0.1) is 12.2 Å². The zero-order valence-corrected chi connectivity index (χ0v) is 22.2. The molecule has 11 heteroatoms. The molecule has 0 aromatic carbocycles. The van der Waals surface area contributed by atoms with Crippen LogP contribution in [0.15, 0.2) is 36.7 Å². The molecule has 0 unspecified atom stereocenters. The average molecular weight is 518 g/mol. The van der Waals surface area contributed by atoms with E-state index in [4.69, 9.17) is 10.5 Å². The van der Waals surface area contributed by atoms with Crippen molar-refractivity contribution >= 4 is 29.6 Å². The molecule has 1 aromatic heterocycles. The number of carbonyl (C=O) groups is 5. The molecule has 1 aromatic rings. The van der Waals surface area contributed by atoms with Crippen LogP contribution in [0, 0.1) is 11.8 Å². The van der Waals surface area contributed by atoms with Crippen LogP contribution in [0.4, 0.5) is 0 Å². The van der Waals surface area contributed by atoms with E-state index in [0.717, 1.165) is 0 Å². The molecule has 0 radical (unpaired) electrons. The second-order valence-corrected chi connectivity index (χ2v) is 9.36. The molecule has 11 nitrogen and oxygen atoms in total. The Kier molecular flexibility index (Phi) is 13.6. The summed E-state index contributed by atoms with van der Waals surface area (Å²) >= 11 is 0. The first-order valence-electron chi connectivity index (χ1n) is 12.4. The second-order valence-electron chi connectivity index (χ2n) is 9.36. The van der Waals surface area contributed by atoms with Crippen LogP contribution in [-0.2, 0) is 23.9 Å². The number of rotatable bonds is 15. The van der Waals surface area contributed by atoms with Gasteiger partial charge in [-0.15, -0.1) is 0 Å². The molecule has 0 aliphatic rings. The van der Waals surface area contributed by atoms with Crippen LogP contribution >= 0.6 is 0 Å². The van der Waals surface area contributed by atoms with Crippen molar-refractivity contribution in [2.24, 2.45) is 17.6 Å². The predicted molar refractivity (Wildman–Crippen MR) is 138 cm³/mol. The Morgan fingerprint density at radius 1 is 1.05 bits per heavy atom. The highest BCUT2D eigenvalue weighted by atomic mass is 16.5. The number of nitrogens with one attached hydrogen (secondary N) is 3. The van der Waals surface area contributed by atoms with E-state index in [1.165, 1.54) is 24.5 Å². The van der Waals surface area contributed by atoms with Gasteiger partial charge in [0.2, 0.25) is 17.7 Å². The van der Waals surface area contributed by atoms with Gasteiger partial charge >= 0.3 is 5.97 Å². The van der Waals surface area contributed by atoms with Crippen molar-refractivity contribution in [2.45, 2.75) is 72.0 Å². The van der Waals surface area contributed by atoms with Gasteiger partial charge in [-0.05, 0) is 43.7 Å². The van der Waals surface area contributed by atoms with Crippen LogP contribution in [0.5, 0.6) is 0 Å². The first-order chi connectivity index (χ1) is 17.4. The van der Waals surface area contributed by atoms with Gasteiger partial charge in [-0.25, -0.2) is 4.79 Å². The number of aromatic nitrogens is 1. The normalized spacial score (nSPS) is 13.6. The van der Waals surface area contributed by atoms with Gasteiger partial charge in [0, 0.05) is 30.9 Å². The third-order valence-corrected chi connectivity index (χ3v) is 5.28. The first-order valence-corrected chi connectivity index (χ1v) is 12.4. The lowest BCUT2D eigenvalue weighted by molar-refractivity contribution is -0.137. The van der Waals surface area contributed by atoms with Crippen molar-refractivity contribution in [1.82, 2.24) is 20.9 Å².